The molecule has 1 rings (SSSR count). The van der Waals surface area contributed by atoms with E-state index in [9.17, 15) is 0 Å². The van der Waals surface area contributed by atoms with Crippen LogP contribution in [-0.4, -0.2) is 24.8 Å². The monoisotopic (exact) mass is 327 g/mol. The van der Waals surface area contributed by atoms with Gasteiger partial charge in [0.25, 0.3) is 0 Å². The van der Waals surface area contributed by atoms with E-state index in [4.69, 9.17) is 4.74 Å². The molecule has 1 aromatic carbocycles. The molecule has 0 aliphatic rings. The Morgan fingerprint density at radius 1 is 1.32 bits per heavy atom. The Bertz CT molecular complexity index is 373. The zero-order valence-corrected chi connectivity index (χ0v) is 14.1. The number of rotatable bonds is 7. The van der Waals surface area contributed by atoms with Crippen LogP contribution in [-0.2, 0) is 11.2 Å². The Morgan fingerprint density at radius 3 is 2.63 bits per heavy atom. The second kappa shape index (κ2) is 8.03. The van der Waals surface area contributed by atoms with Gasteiger partial charge in [-0.3, -0.25) is 0 Å². The summed E-state index contributed by atoms with van der Waals surface area (Å²) in [6.07, 6.45) is 2.14. The molecule has 0 bridgehead atoms. The molecule has 0 amide bonds. The lowest BCUT2D eigenvalue weighted by Gasteiger charge is -2.25. The van der Waals surface area contributed by atoms with Crippen molar-refractivity contribution in [1.82, 2.24) is 5.32 Å². The van der Waals surface area contributed by atoms with Crippen molar-refractivity contribution in [2.45, 2.75) is 52.2 Å². The lowest BCUT2D eigenvalue weighted by Crippen LogP contribution is -2.38. The van der Waals surface area contributed by atoms with E-state index >= 15 is 0 Å². The molecule has 2 nitrogen and oxygen atoms in total. The summed E-state index contributed by atoms with van der Waals surface area (Å²) in [7, 11) is 0. The van der Waals surface area contributed by atoms with Crippen LogP contribution < -0.4 is 5.32 Å². The summed E-state index contributed by atoms with van der Waals surface area (Å²) < 4.78 is 7.05. The van der Waals surface area contributed by atoms with Crippen molar-refractivity contribution in [1.29, 1.82) is 0 Å². The van der Waals surface area contributed by atoms with Gasteiger partial charge in [-0.05, 0) is 57.9 Å². The number of benzene rings is 1. The first kappa shape index (κ1) is 16.7. The zero-order chi connectivity index (χ0) is 14.3. The van der Waals surface area contributed by atoms with Gasteiger partial charge < -0.3 is 10.1 Å². The molecule has 0 saturated carbocycles. The smallest absolute Gasteiger partial charge is 0.0629 e. The predicted octanol–water partition coefficient (Wildman–Crippen LogP) is 4.17. The summed E-state index contributed by atoms with van der Waals surface area (Å²) in [6, 6.07) is 8.86. The number of hydrogen-bond donors (Lipinski definition) is 1. The Hall–Kier alpha value is -0.380. The molecule has 3 heteroatoms. The second-order valence-electron chi connectivity index (χ2n) is 5.91. The highest BCUT2D eigenvalue weighted by Gasteiger charge is 2.15. The van der Waals surface area contributed by atoms with Gasteiger partial charge in [0.1, 0.15) is 0 Å². The molecule has 0 heterocycles. The van der Waals surface area contributed by atoms with Crippen LogP contribution in [0.3, 0.4) is 0 Å². The molecule has 0 aliphatic carbocycles. The third-order valence-corrected chi connectivity index (χ3v) is 3.26. The number of halogens is 1. The van der Waals surface area contributed by atoms with Crippen molar-refractivity contribution in [2.75, 3.05) is 13.2 Å². The van der Waals surface area contributed by atoms with E-state index in [2.05, 4.69) is 73.2 Å². The highest BCUT2D eigenvalue weighted by molar-refractivity contribution is 9.10. The molecule has 0 aliphatic heterocycles. The van der Waals surface area contributed by atoms with Crippen molar-refractivity contribution >= 4 is 15.9 Å². The summed E-state index contributed by atoms with van der Waals surface area (Å²) >= 11 is 3.52. The van der Waals surface area contributed by atoms with E-state index in [-0.39, 0.29) is 5.60 Å². The number of nitrogens with one attached hydrogen (secondary N) is 1. The fourth-order valence-corrected chi connectivity index (χ4v) is 2.28. The first-order valence-electron chi connectivity index (χ1n) is 7.02. The average Bonchev–Trinajstić information content (AvgIpc) is 2.31. The minimum atomic E-state index is -0.0799. The maximum atomic E-state index is 5.92. The fourth-order valence-electron chi connectivity index (χ4n) is 1.84. The predicted molar refractivity (Wildman–Crippen MR) is 85.6 cm³/mol. The molecule has 0 fully saturated rings. The Balaban J connectivity index is 2.58. The molecular weight excluding hydrogens is 302 g/mol. The third kappa shape index (κ3) is 7.71. The summed E-state index contributed by atoms with van der Waals surface area (Å²) in [5.41, 5.74) is 1.25. The molecule has 1 N–H and O–H groups in total. The molecule has 0 spiro atoms. The molecule has 0 aromatic heterocycles. The van der Waals surface area contributed by atoms with Gasteiger partial charge in [-0.2, -0.15) is 0 Å². The van der Waals surface area contributed by atoms with Gasteiger partial charge in [-0.15, -0.1) is 0 Å². The van der Waals surface area contributed by atoms with Crippen molar-refractivity contribution in [3.05, 3.63) is 34.3 Å². The molecule has 108 valence electrons. The van der Waals surface area contributed by atoms with Crippen LogP contribution in [0.4, 0.5) is 0 Å². The van der Waals surface area contributed by atoms with E-state index in [0.717, 1.165) is 30.5 Å². The molecule has 1 atom stereocenters. The van der Waals surface area contributed by atoms with Crippen LogP contribution in [0.25, 0.3) is 0 Å². The first-order valence-corrected chi connectivity index (χ1v) is 7.82. The van der Waals surface area contributed by atoms with Crippen molar-refractivity contribution < 1.29 is 4.74 Å². The van der Waals surface area contributed by atoms with Gasteiger partial charge in [0.15, 0.2) is 0 Å². The lowest BCUT2D eigenvalue weighted by atomic mass is 10.1. The normalized spacial score (nSPS) is 13.5. The van der Waals surface area contributed by atoms with Crippen LogP contribution in [0.2, 0.25) is 0 Å². The van der Waals surface area contributed by atoms with E-state index in [0.29, 0.717) is 6.04 Å². The molecular formula is C16H26BrNO. The summed E-state index contributed by atoms with van der Waals surface area (Å²) in [4.78, 5) is 0. The van der Waals surface area contributed by atoms with E-state index in [1.165, 1.54) is 5.56 Å². The molecule has 19 heavy (non-hydrogen) atoms. The first-order chi connectivity index (χ1) is 8.90. The summed E-state index contributed by atoms with van der Waals surface area (Å²) in [6.45, 7) is 10.3. The minimum absolute atomic E-state index is 0.0799. The number of ether oxygens (including phenoxy) is 1. The van der Waals surface area contributed by atoms with Gasteiger partial charge in [0, 0.05) is 10.5 Å². The summed E-state index contributed by atoms with van der Waals surface area (Å²) in [5.74, 6) is 0. The van der Waals surface area contributed by atoms with Crippen molar-refractivity contribution in [3.63, 3.8) is 0 Å². The van der Waals surface area contributed by atoms with Crippen LogP contribution in [0.15, 0.2) is 28.7 Å². The van der Waals surface area contributed by atoms with Crippen molar-refractivity contribution in [2.24, 2.45) is 0 Å². The maximum absolute atomic E-state index is 5.92. The van der Waals surface area contributed by atoms with Gasteiger partial charge in [0.2, 0.25) is 0 Å². The Morgan fingerprint density at radius 2 is 2.05 bits per heavy atom. The minimum Gasteiger partial charge on any atom is -0.374 e. The molecule has 0 saturated heterocycles. The highest BCUT2D eigenvalue weighted by Crippen LogP contribution is 2.14. The molecule has 1 unspecified atom stereocenters. The third-order valence-electron chi connectivity index (χ3n) is 2.77. The molecule has 1 aromatic rings. The van der Waals surface area contributed by atoms with Gasteiger partial charge in [0.05, 0.1) is 12.2 Å². The Labute approximate surface area is 126 Å². The van der Waals surface area contributed by atoms with Gasteiger partial charge in [-0.1, -0.05) is 35.0 Å². The SMILES string of the molecule is CCCNC(COC(C)(C)C)Cc1cccc(Br)c1. The second-order valence-corrected chi connectivity index (χ2v) is 6.82. The fraction of sp³-hybridized carbons (Fsp3) is 0.625. The largest absolute Gasteiger partial charge is 0.374 e. The molecule has 0 radical (unpaired) electrons. The quantitative estimate of drug-likeness (QED) is 0.811. The average molecular weight is 328 g/mol. The van der Waals surface area contributed by atoms with Gasteiger partial charge in [-0.25, -0.2) is 0 Å². The highest BCUT2D eigenvalue weighted by atomic mass is 79.9. The topological polar surface area (TPSA) is 21.3 Å². The van der Waals surface area contributed by atoms with E-state index < -0.39 is 0 Å². The van der Waals surface area contributed by atoms with Crippen LogP contribution in [0, 0.1) is 0 Å². The van der Waals surface area contributed by atoms with E-state index in [1.54, 1.807) is 0 Å². The standard InChI is InChI=1S/C16H26BrNO/c1-5-9-18-15(12-19-16(2,3)4)11-13-7-6-8-14(17)10-13/h6-8,10,15,18H,5,9,11-12H2,1-4H3. The Kier molecular flexibility index (Phi) is 7.05. The lowest BCUT2D eigenvalue weighted by molar-refractivity contribution is -0.0143. The number of hydrogen-bond acceptors (Lipinski definition) is 2. The van der Waals surface area contributed by atoms with Gasteiger partial charge >= 0.3 is 0 Å². The van der Waals surface area contributed by atoms with Crippen molar-refractivity contribution in [3.8, 4) is 0 Å². The van der Waals surface area contributed by atoms with Crippen LogP contribution >= 0.6 is 15.9 Å². The zero-order valence-electron chi connectivity index (χ0n) is 12.5. The summed E-state index contributed by atoms with van der Waals surface area (Å²) in [5, 5.41) is 3.57. The van der Waals surface area contributed by atoms with Crippen LogP contribution in [0.5, 0.6) is 0 Å². The maximum Gasteiger partial charge on any atom is 0.0629 e. The van der Waals surface area contributed by atoms with E-state index in [1.807, 2.05) is 0 Å². The van der Waals surface area contributed by atoms with Crippen LogP contribution in [0.1, 0.15) is 39.7 Å².